The molecule has 0 unspecified atom stereocenters. The molecule has 2 heteroatoms. The Kier molecular flexibility index (Phi) is 1.75. The SMILES string of the molecule is CC1(C)CC=C(S)OC1. The average molecular weight is 144 g/mol. The van der Waals surface area contributed by atoms with Gasteiger partial charge in [-0.1, -0.05) is 13.8 Å². The molecule has 0 atom stereocenters. The molecule has 0 N–H and O–H groups in total. The Morgan fingerprint density at radius 1 is 1.67 bits per heavy atom. The first-order valence-corrected chi connectivity index (χ1v) is 3.57. The molecule has 0 aromatic rings. The molecule has 0 saturated carbocycles. The molecule has 0 spiro atoms. The lowest BCUT2D eigenvalue weighted by atomic mass is 9.90. The van der Waals surface area contributed by atoms with Gasteiger partial charge in [0.15, 0.2) is 0 Å². The van der Waals surface area contributed by atoms with Crippen molar-refractivity contribution in [3.63, 3.8) is 0 Å². The Balaban J connectivity index is 2.56. The predicted molar refractivity (Wildman–Crippen MR) is 41.4 cm³/mol. The smallest absolute Gasteiger partial charge is 0.146 e. The fourth-order valence-corrected chi connectivity index (χ4v) is 0.907. The van der Waals surface area contributed by atoms with Crippen LogP contribution in [0, 0.1) is 5.41 Å². The molecule has 0 aliphatic carbocycles. The Labute approximate surface area is 61.5 Å². The molecule has 0 saturated heterocycles. The molecule has 0 fully saturated rings. The largest absolute Gasteiger partial charge is 0.487 e. The van der Waals surface area contributed by atoms with Crippen LogP contribution >= 0.6 is 12.6 Å². The molecule has 0 bridgehead atoms. The van der Waals surface area contributed by atoms with Gasteiger partial charge in [0.2, 0.25) is 0 Å². The molecular formula is C7H12OS. The fourth-order valence-electron chi connectivity index (χ4n) is 0.751. The van der Waals surface area contributed by atoms with Gasteiger partial charge in [0, 0.05) is 5.41 Å². The van der Waals surface area contributed by atoms with E-state index in [1.165, 1.54) is 0 Å². The van der Waals surface area contributed by atoms with Gasteiger partial charge in [-0.2, -0.15) is 0 Å². The third-order valence-electron chi connectivity index (χ3n) is 1.44. The molecule has 0 aromatic carbocycles. The first-order valence-electron chi connectivity index (χ1n) is 3.12. The number of rotatable bonds is 0. The van der Waals surface area contributed by atoms with Gasteiger partial charge in [-0.3, -0.25) is 0 Å². The fraction of sp³-hybridized carbons (Fsp3) is 0.714. The summed E-state index contributed by atoms with van der Waals surface area (Å²) in [5.41, 5.74) is 0.312. The third kappa shape index (κ3) is 1.94. The molecule has 1 aliphatic heterocycles. The zero-order valence-corrected chi connectivity index (χ0v) is 6.74. The maximum atomic E-state index is 5.22. The van der Waals surface area contributed by atoms with Gasteiger partial charge in [0.1, 0.15) is 5.09 Å². The highest BCUT2D eigenvalue weighted by atomic mass is 32.1. The number of allylic oxidation sites excluding steroid dienone is 1. The van der Waals surface area contributed by atoms with Crippen molar-refractivity contribution in [3.05, 3.63) is 11.2 Å². The first-order chi connectivity index (χ1) is 4.10. The second-order valence-corrected chi connectivity index (χ2v) is 3.64. The summed E-state index contributed by atoms with van der Waals surface area (Å²) in [6, 6.07) is 0. The lowest BCUT2D eigenvalue weighted by Gasteiger charge is -2.27. The molecule has 52 valence electrons. The molecule has 1 heterocycles. The maximum absolute atomic E-state index is 5.22. The van der Waals surface area contributed by atoms with Crippen molar-refractivity contribution >= 4 is 12.6 Å². The zero-order valence-electron chi connectivity index (χ0n) is 5.85. The number of thiol groups is 1. The monoisotopic (exact) mass is 144 g/mol. The van der Waals surface area contributed by atoms with Crippen LogP contribution in [0.25, 0.3) is 0 Å². The summed E-state index contributed by atoms with van der Waals surface area (Å²) in [5, 5.41) is 0.773. The predicted octanol–water partition coefficient (Wildman–Crippen LogP) is 2.20. The Morgan fingerprint density at radius 3 is 2.67 bits per heavy atom. The van der Waals surface area contributed by atoms with E-state index < -0.39 is 0 Å². The van der Waals surface area contributed by atoms with Crippen LogP contribution in [-0.2, 0) is 4.74 Å². The quantitative estimate of drug-likeness (QED) is 0.513. The van der Waals surface area contributed by atoms with Crippen LogP contribution < -0.4 is 0 Å². The van der Waals surface area contributed by atoms with Gasteiger partial charge in [0.05, 0.1) is 6.61 Å². The molecule has 1 nitrogen and oxygen atoms in total. The highest BCUT2D eigenvalue weighted by Gasteiger charge is 2.21. The maximum Gasteiger partial charge on any atom is 0.146 e. The molecule has 1 aliphatic rings. The van der Waals surface area contributed by atoms with E-state index in [-0.39, 0.29) is 0 Å². The lowest BCUT2D eigenvalue weighted by molar-refractivity contribution is 0.114. The zero-order chi connectivity index (χ0) is 6.91. The van der Waals surface area contributed by atoms with Crippen LogP contribution in [-0.4, -0.2) is 6.61 Å². The normalized spacial score (nSPS) is 24.6. The van der Waals surface area contributed by atoms with Gasteiger partial charge >= 0.3 is 0 Å². The number of hydrogen-bond donors (Lipinski definition) is 1. The van der Waals surface area contributed by atoms with Crippen LogP contribution in [0.5, 0.6) is 0 Å². The van der Waals surface area contributed by atoms with E-state index in [1.807, 2.05) is 6.08 Å². The van der Waals surface area contributed by atoms with Crippen LogP contribution in [0.15, 0.2) is 11.2 Å². The van der Waals surface area contributed by atoms with Crippen molar-refractivity contribution in [2.45, 2.75) is 20.3 Å². The lowest BCUT2D eigenvalue weighted by Crippen LogP contribution is -2.21. The summed E-state index contributed by atoms with van der Waals surface area (Å²) in [6.07, 6.45) is 3.10. The van der Waals surface area contributed by atoms with Crippen molar-refractivity contribution < 1.29 is 4.74 Å². The second-order valence-electron chi connectivity index (χ2n) is 3.20. The summed E-state index contributed by atoms with van der Waals surface area (Å²) < 4.78 is 5.22. The van der Waals surface area contributed by atoms with Crippen LogP contribution in [0.4, 0.5) is 0 Å². The van der Waals surface area contributed by atoms with E-state index in [0.29, 0.717) is 5.41 Å². The molecule has 0 amide bonds. The van der Waals surface area contributed by atoms with Crippen molar-refractivity contribution in [1.82, 2.24) is 0 Å². The second kappa shape index (κ2) is 2.25. The highest BCUT2D eigenvalue weighted by molar-refractivity contribution is 7.84. The Morgan fingerprint density at radius 2 is 2.33 bits per heavy atom. The minimum atomic E-state index is 0.312. The number of hydrogen-bond acceptors (Lipinski definition) is 2. The van der Waals surface area contributed by atoms with Gasteiger partial charge in [0.25, 0.3) is 0 Å². The van der Waals surface area contributed by atoms with Crippen molar-refractivity contribution in [2.24, 2.45) is 5.41 Å². The minimum absolute atomic E-state index is 0.312. The highest BCUT2D eigenvalue weighted by Crippen LogP contribution is 2.28. The van der Waals surface area contributed by atoms with Crippen molar-refractivity contribution in [3.8, 4) is 0 Å². The molecule has 0 radical (unpaired) electrons. The van der Waals surface area contributed by atoms with Gasteiger partial charge in [-0.15, -0.1) is 12.6 Å². The van der Waals surface area contributed by atoms with Crippen LogP contribution in [0.3, 0.4) is 0 Å². The minimum Gasteiger partial charge on any atom is -0.487 e. The van der Waals surface area contributed by atoms with E-state index in [1.54, 1.807) is 0 Å². The molecule has 0 aromatic heterocycles. The number of ether oxygens (including phenoxy) is 1. The summed E-state index contributed by atoms with van der Waals surface area (Å²) in [6.45, 7) is 5.16. The first kappa shape index (κ1) is 7.00. The third-order valence-corrected chi connectivity index (χ3v) is 1.75. The summed E-state index contributed by atoms with van der Waals surface area (Å²) in [5.74, 6) is 0. The molecule has 9 heavy (non-hydrogen) atoms. The average Bonchev–Trinajstić information content (AvgIpc) is 1.78. The van der Waals surface area contributed by atoms with Crippen LogP contribution in [0.1, 0.15) is 20.3 Å². The molecule has 1 rings (SSSR count). The van der Waals surface area contributed by atoms with Crippen molar-refractivity contribution in [2.75, 3.05) is 6.61 Å². The topological polar surface area (TPSA) is 9.23 Å². The van der Waals surface area contributed by atoms with E-state index in [2.05, 4.69) is 26.5 Å². The van der Waals surface area contributed by atoms with Crippen molar-refractivity contribution in [1.29, 1.82) is 0 Å². The summed E-state index contributed by atoms with van der Waals surface area (Å²) in [4.78, 5) is 0. The molecular weight excluding hydrogens is 132 g/mol. The van der Waals surface area contributed by atoms with Crippen LogP contribution in [0.2, 0.25) is 0 Å². The van der Waals surface area contributed by atoms with Gasteiger partial charge in [-0.05, 0) is 12.5 Å². The Bertz CT molecular complexity index is 138. The van der Waals surface area contributed by atoms with Gasteiger partial charge < -0.3 is 4.74 Å². The van der Waals surface area contributed by atoms with E-state index >= 15 is 0 Å². The van der Waals surface area contributed by atoms with E-state index in [4.69, 9.17) is 4.74 Å². The van der Waals surface area contributed by atoms with Gasteiger partial charge in [-0.25, -0.2) is 0 Å². The standard InChI is InChI=1S/C7H12OS/c1-7(2)4-3-6(9)8-5-7/h3,9H,4-5H2,1-2H3. The van der Waals surface area contributed by atoms with E-state index in [0.717, 1.165) is 18.1 Å². The van der Waals surface area contributed by atoms with E-state index in [9.17, 15) is 0 Å². The summed E-state index contributed by atoms with van der Waals surface area (Å²) in [7, 11) is 0. The Hall–Kier alpha value is -0.110. The summed E-state index contributed by atoms with van der Waals surface area (Å²) >= 11 is 4.08.